The van der Waals surface area contributed by atoms with Gasteiger partial charge >= 0.3 is 6.09 Å². The standard InChI is InChI=1S/C11H22N2O2/c1-4-10-9-12(3)7-6-8-13(10)11(14)15-5-2/h10H,4-9H2,1-3H3. The van der Waals surface area contributed by atoms with E-state index in [0.29, 0.717) is 12.6 Å². The van der Waals surface area contributed by atoms with Gasteiger partial charge in [0.25, 0.3) is 0 Å². The van der Waals surface area contributed by atoms with Crippen molar-refractivity contribution in [1.82, 2.24) is 9.80 Å². The zero-order chi connectivity index (χ0) is 11.3. The molecule has 0 aromatic rings. The third kappa shape index (κ3) is 3.38. The second kappa shape index (κ2) is 5.95. The topological polar surface area (TPSA) is 32.8 Å². The molecule has 1 fully saturated rings. The van der Waals surface area contributed by atoms with Gasteiger partial charge in [-0.25, -0.2) is 4.79 Å². The molecule has 1 aliphatic heterocycles. The van der Waals surface area contributed by atoms with Crippen LogP contribution < -0.4 is 0 Å². The highest BCUT2D eigenvalue weighted by Crippen LogP contribution is 2.13. The van der Waals surface area contributed by atoms with Crippen molar-refractivity contribution < 1.29 is 9.53 Å². The summed E-state index contributed by atoms with van der Waals surface area (Å²) in [5.41, 5.74) is 0. The number of rotatable bonds is 2. The summed E-state index contributed by atoms with van der Waals surface area (Å²) in [6, 6.07) is 0.302. The van der Waals surface area contributed by atoms with Gasteiger partial charge in [-0.1, -0.05) is 6.92 Å². The highest BCUT2D eigenvalue weighted by atomic mass is 16.6. The van der Waals surface area contributed by atoms with Crippen LogP contribution in [-0.4, -0.2) is 55.2 Å². The Morgan fingerprint density at radius 3 is 2.73 bits per heavy atom. The lowest BCUT2D eigenvalue weighted by molar-refractivity contribution is 0.0893. The first-order chi connectivity index (χ1) is 7.19. The number of carbonyl (C=O) groups is 1. The minimum absolute atomic E-state index is 0.153. The van der Waals surface area contributed by atoms with E-state index >= 15 is 0 Å². The van der Waals surface area contributed by atoms with E-state index in [1.54, 1.807) is 0 Å². The van der Waals surface area contributed by atoms with Gasteiger partial charge in [0.2, 0.25) is 0 Å². The molecule has 1 unspecified atom stereocenters. The number of hydrogen-bond acceptors (Lipinski definition) is 3. The Labute approximate surface area is 92.2 Å². The number of ether oxygens (including phenoxy) is 1. The van der Waals surface area contributed by atoms with Crippen molar-refractivity contribution in [3.8, 4) is 0 Å². The molecule has 1 rings (SSSR count). The smallest absolute Gasteiger partial charge is 0.410 e. The van der Waals surface area contributed by atoms with Crippen molar-refractivity contribution in [3.05, 3.63) is 0 Å². The monoisotopic (exact) mass is 214 g/mol. The number of nitrogens with zero attached hydrogens (tertiary/aromatic N) is 2. The minimum atomic E-state index is -0.153. The van der Waals surface area contributed by atoms with E-state index in [1.165, 1.54) is 0 Å². The van der Waals surface area contributed by atoms with Crippen molar-refractivity contribution >= 4 is 6.09 Å². The lowest BCUT2D eigenvalue weighted by atomic mass is 10.2. The maximum absolute atomic E-state index is 11.7. The van der Waals surface area contributed by atoms with Crippen LogP contribution in [0.5, 0.6) is 0 Å². The molecule has 1 atom stereocenters. The molecule has 0 radical (unpaired) electrons. The fourth-order valence-corrected chi connectivity index (χ4v) is 2.04. The van der Waals surface area contributed by atoms with Gasteiger partial charge in [-0.2, -0.15) is 0 Å². The average molecular weight is 214 g/mol. The van der Waals surface area contributed by atoms with Gasteiger partial charge in [-0.3, -0.25) is 0 Å². The van der Waals surface area contributed by atoms with Gasteiger partial charge < -0.3 is 14.5 Å². The molecule has 0 aliphatic carbocycles. The lowest BCUT2D eigenvalue weighted by Gasteiger charge is -2.29. The Bertz CT molecular complexity index is 209. The van der Waals surface area contributed by atoms with Crippen molar-refractivity contribution in [1.29, 1.82) is 0 Å². The van der Waals surface area contributed by atoms with E-state index in [-0.39, 0.29) is 6.09 Å². The third-order valence-corrected chi connectivity index (χ3v) is 2.88. The molecule has 0 spiro atoms. The number of carbonyl (C=O) groups excluding carboxylic acids is 1. The van der Waals surface area contributed by atoms with E-state index in [2.05, 4.69) is 18.9 Å². The molecule has 0 bridgehead atoms. The average Bonchev–Trinajstić information content (AvgIpc) is 2.39. The molecule has 4 nitrogen and oxygen atoms in total. The fraction of sp³-hybridized carbons (Fsp3) is 0.909. The second-order valence-corrected chi connectivity index (χ2v) is 4.07. The van der Waals surface area contributed by atoms with E-state index in [9.17, 15) is 4.79 Å². The van der Waals surface area contributed by atoms with Crippen molar-refractivity contribution in [2.24, 2.45) is 0 Å². The quantitative estimate of drug-likeness (QED) is 0.699. The SMILES string of the molecule is CCOC(=O)N1CCCN(C)CC1CC. The van der Waals surface area contributed by atoms with Gasteiger partial charge in [0.1, 0.15) is 0 Å². The van der Waals surface area contributed by atoms with E-state index in [0.717, 1.165) is 32.5 Å². The molecule has 0 saturated carbocycles. The third-order valence-electron chi connectivity index (χ3n) is 2.88. The highest BCUT2D eigenvalue weighted by molar-refractivity contribution is 5.68. The molecule has 15 heavy (non-hydrogen) atoms. The molecule has 88 valence electrons. The van der Waals surface area contributed by atoms with Crippen LogP contribution in [0.2, 0.25) is 0 Å². The van der Waals surface area contributed by atoms with Gasteiger partial charge in [-0.15, -0.1) is 0 Å². The van der Waals surface area contributed by atoms with Crippen LogP contribution >= 0.6 is 0 Å². The Hall–Kier alpha value is -0.770. The predicted molar refractivity (Wildman–Crippen MR) is 59.9 cm³/mol. The fourth-order valence-electron chi connectivity index (χ4n) is 2.04. The summed E-state index contributed by atoms with van der Waals surface area (Å²) in [4.78, 5) is 15.9. The van der Waals surface area contributed by atoms with Crippen LogP contribution in [0.1, 0.15) is 26.7 Å². The van der Waals surface area contributed by atoms with E-state index < -0.39 is 0 Å². The number of likely N-dealkylation sites (N-methyl/N-ethyl adjacent to an activating group) is 1. The number of amides is 1. The molecular weight excluding hydrogens is 192 g/mol. The van der Waals surface area contributed by atoms with Crippen LogP contribution in [0.15, 0.2) is 0 Å². The maximum Gasteiger partial charge on any atom is 0.410 e. The molecule has 0 N–H and O–H groups in total. The Kier molecular flexibility index (Phi) is 4.88. The van der Waals surface area contributed by atoms with Crippen molar-refractivity contribution in [2.75, 3.05) is 33.3 Å². The Morgan fingerprint density at radius 2 is 2.13 bits per heavy atom. The summed E-state index contributed by atoms with van der Waals surface area (Å²) in [7, 11) is 2.11. The highest BCUT2D eigenvalue weighted by Gasteiger charge is 2.26. The van der Waals surface area contributed by atoms with E-state index in [1.807, 2.05) is 11.8 Å². The van der Waals surface area contributed by atoms with Gasteiger partial charge in [0, 0.05) is 19.1 Å². The Morgan fingerprint density at radius 1 is 1.40 bits per heavy atom. The summed E-state index contributed by atoms with van der Waals surface area (Å²) in [6.45, 7) is 7.27. The minimum Gasteiger partial charge on any atom is -0.450 e. The summed E-state index contributed by atoms with van der Waals surface area (Å²) >= 11 is 0. The van der Waals surface area contributed by atoms with Gasteiger partial charge in [0.05, 0.1) is 6.61 Å². The van der Waals surface area contributed by atoms with Crippen LogP contribution in [0.25, 0.3) is 0 Å². The van der Waals surface area contributed by atoms with Crippen LogP contribution in [0, 0.1) is 0 Å². The molecule has 0 aromatic carbocycles. The molecular formula is C11H22N2O2. The first-order valence-corrected chi connectivity index (χ1v) is 5.81. The summed E-state index contributed by atoms with van der Waals surface area (Å²) < 4.78 is 5.07. The largest absolute Gasteiger partial charge is 0.450 e. The zero-order valence-corrected chi connectivity index (χ0v) is 10.0. The maximum atomic E-state index is 11.7. The molecule has 0 aromatic heterocycles. The lowest BCUT2D eigenvalue weighted by Crippen LogP contribution is -2.43. The first kappa shape index (κ1) is 12.3. The number of hydrogen-bond donors (Lipinski definition) is 0. The normalized spacial score (nSPS) is 23.7. The molecule has 1 saturated heterocycles. The van der Waals surface area contributed by atoms with Crippen LogP contribution in [0.4, 0.5) is 4.79 Å². The van der Waals surface area contributed by atoms with Gasteiger partial charge in [-0.05, 0) is 33.4 Å². The first-order valence-electron chi connectivity index (χ1n) is 5.81. The molecule has 1 amide bonds. The van der Waals surface area contributed by atoms with Crippen LogP contribution in [-0.2, 0) is 4.74 Å². The van der Waals surface area contributed by atoms with Crippen molar-refractivity contribution in [3.63, 3.8) is 0 Å². The molecule has 1 heterocycles. The predicted octanol–water partition coefficient (Wildman–Crippen LogP) is 1.56. The second-order valence-electron chi connectivity index (χ2n) is 4.07. The molecule has 1 aliphatic rings. The molecule has 4 heteroatoms. The van der Waals surface area contributed by atoms with Gasteiger partial charge in [0.15, 0.2) is 0 Å². The summed E-state index contributed by atoms with van der Waals surface area (Å²) in [5, 5.41) is 0. The van der Waals surface area contributed by atoms with Crippen LogP contribution in [0.3, 0.4) is 0 Å². The zero-order valence-electron chi connectivity index (χ0n) is 10.0. The Balaban J connectivity index is 2.62. The van der Waals surface area contributed by atoms with E-state index in [4.69, 9.17) is 4.74 Å². The summed E-state index contributed by atoms with van der Waals surface area (Å²) in [6.07, 6.45) is 1.87. The van der Waals surface area contributed by atoms with Crippen molar-refractivity contribution in [2.45, 2.75) is 32.7 Å². The summed E-state index contributed by atoms with van der Waals surface area (Å²) in [5.74, 6) is 0.